The fraction of sp³-hybridized carbons (Fsp3) is 0.381. The van der Waals surface area contributed by atoms with Crippen LogP contribution in [0.4, 0.5) is 0 Å². The Morgan fingerprint density at radius 3 is 2.37 bits per heavy atom. The molecule has 2 aromatic heterocycles. The topological polar surface area (TPSA) is 55.2 Å². The molecule has 1 amide bonds. The molecular weight excluding hydrogens is 358 g/mol. The molecule has 0 unspecified atom stereocenters. The molecule has 142 valence electrons. The summed E-state index contributed by atoms with van der Waals surface area (Å²) >= 11 is 1.52. The van der Waals surface area contributed by atoms with Crippen LogP contribution >= 0.6 is 11.3 Å². The summed E-state index contributed by atoms with van der Waals surface area (Å²) in [5.41, 5.74) is 1.84. The fourth-order valence-electron chi connectivity index (χ4n) is 3.54. The van der Waals surface area contributed by atoms with Crippen molar-refractivity contribution in [2.24, 2.45) is 0 Å². The highest BCUT2D eigenvalue weighted by Gasteiger charge is 2.22. The number of benzene rings is 1. The molecule has 0 spiro atoms. The predicted molar refractivity (Wildman–Crippen MR) is 111 cm³/mol. The zero-order valence-electron chi connectivity index (χ0n) is 16.4. The average Bonchev–Trinajstić information content (AvgIpc) is 2.95. The van der Waals surface area contributed by atoms with Gasteiger partial charge in [-0.2, -0.15) is 0 Å². The zero-order valence-corrected chi connectivity index (χ0v) is 17.2. The standard InChI is InChI=1S/C21H25N3O2S/c1-13(2)24(14(3)4)17(25)11-23-12-22-20-18(21(23)26)15(5)19(27-20)16-9-7-6-8-10-16/h6-10,12-14H,11H2,1-5H3. The van der Waals surface area contributed by atoms with Crippen molar-refractivity contribution in [2.45, 2.75) is 53.2 Å². The van der Waals surface area contributed by atoms with E-state index in [1.54, 1.807) is 4.90 Å². The maximum atomic E-state index is 13.1. The Morgan fingerprint density at radius 1 is 1.15 bits per heavy atom. The highest BCUT2D eigenvalue weighted by molar-refractivity contribution is 7.22. The Balaban J connectivity index is 2.02. The Kier molecular flexibility index (Phi) is 5.46. The summed E-state index contributed by atoms with van der Waals surface area (Å²) in [5.74, 6) is -0.0700. The lowest BCUT2D eigenvalue weighted by Gasteiger charge is -2.30. The van der Waals surface area contributed by atoms with Gasteiger partial charge in [-0.1, -0.05) is 30.3 Å². The van der Waals surface area contributed by atoms with Crippen LogP contribution in [-0.4, -0.2) is 32.4 Å². The lowest BCUT2D eigenvalue weighted by atomic mass is 10.1. The van der Waals surface area contributed by atoms with E-state index in [9.17, 15) is 9.59 Å². The third-order valence-corrected chi connectivity index (χ3v) is 5.91. The first kappa shape index (κ1) is 19.3. The van der Waals surface area contributed by atoms with Gasteiger partial charge in [-0.3, -0.25) is 14.2 Å². The van der Waals surface area contributed by atoms with Crippen LogP contribution in [0, 0.1) is 6.92 Å². The van der Waals surface area contributed by atoms with Crippen molar-refractivity contribution < 1.29 is 4.79 Å². The van der Waals surface area contributed by atoms with Gasteiger partial charge in [0.15, 0.2) is 0 Å². The van der Waals surface area contributed by atoms with E-state index in [-0.39, 0.29) is 30.1 Å². The molecule has 0 bridgehead atoms. The second-order valence-electron chi connectivity index (χ2n) is 7.27. The van der Waals surface area contributed by atoms with Gasteiger partial charge in [0.1, 0.15) is 11.4 Å². The minimum absolute atomic E-state index is 0.00803. The first-order valence-electron chi connectivity index (χ1n) is 9.16. The van der Waals surface area contributed by atoms with Gasteiger partial charge in [0.05, 0.1) is 11.7 Å². The SMILES string of the molecule is Cc1c(-c2ccccc2)sc2ncn(CC(=O)N(C(C)C)C(C)C)c(=O)c12. The lowest BCUT2D eigenvalue weighted by Crippen LogP contribution is -2.44. The van der Waals surface area contributed by atoms with E-state index < -0.39 is 0 Å². The monoisotopic (exact) mass is 383 g/mol. The van der Waals surface area contributed by atoms with Crippen molar-refractivity contribution in [1.82, 2.24) is 14.5 Å². The van der Waals surface area contributed by atoms with Crippen molar-refractivity contribution in [1.29, 1.82) is 0 Å². The highest BCUT2D eigenvalue weighted by Crippen LogP contribution is 2.35. The number of fused-ring (bicyclic) bond motifs is 1. The van der Waals surface area contributed by atoms with Gasteiger partial charge in [-0.15, -0.1) is 11.3 Å². The number of amides is 1. The summed E-state index contributed by atoms with van der Waals surface area (Å²) in [6, 6.07) is 10.2. The number of hydrogen-bond acceptors (Lipinski definition) is 4. The zero-order chi connectivity index (χ0) is 19.7. The van der Waals surface area contributed by atoms with Crippen LogP contribution in [0.2, 0.25) is 0 Å². The third kappa shape index (κ3) is 3.67. The van der Waals surface area contributed by atoms with Crippen LogP contribution in [0.25, 0.3) is 20.7 Å². The van der Waals surface area contributed by atoms with E-state index in [1.165, 1.54) is 22.2 Å². The predicted octanol–water partition coefficient (Wildman–Crippen LogP) is 4.08. The minimum Gasteiger partial charge on any atom is -0.336 e. The summed E-state index contributed by atoms with van der Waals surface area (Å²) in [7, 11) is 0. The number of nitrogens with zero attached hydrogens (tertiary/aromatic N) is 3. The molecule has 0 aliphatic carbocycles. The third-order valence-electron chi connectivity index (χ3n) is 4.66. The van der Waals surface area contributed by atoms with Crippen molar-refractivity contribution in [3.05, 3.63) is 52.6 Å². The van der Waals surface area contributed by atoms with Crippen LogP contribution in [-0.2, 0) is 11.3 Å². The summed E-state index contributed by atoms with van der Waals surface area (Å²) in [6.07, 6.45) is 1.49. The quantitative estimate of drug-likeness (QED) is 0.667. The molecule has 0 saturated carbocycles. The maximum Gasteiger partial charge on any atom is 0.262 e. The number of carbonyl (C=O) groups excluding carboxylic acids is 1. The van der Waals surface area contributed by atoms with Crippen molar-refractivity contribution in [3.63, 3.8) is 0 Å². The molecule has 0 saturated heterocycles. The Labute approximate surface area is 163 Å². The summed E-state index contributed by atoms with van der Waals surface area (Å²) < 4.78 is 1.43. The van der Waals surface area contributed by atoms with Crippen molar-refractivity contribution >= 4 is 27.5 Å². The molecule has 5 nitrogen and oxygen atoms in total. The molecule has 0 N–H and O–H groups in total. The first-order valence-corrected chi connectivity index (χ1v) is 9.98. The van der Waals surface area contributed by atoms with Crippen molar-refractivity contribution in [2.75, 3.05) is 0 Å². The molecular formula is C21H25N3O2S. The number of thiophene rings is 1. The highest BCUT2D eigenvalue weighted by atomic mass is 32.1. The molecule has 2 heterocycles. The van der Waals surface area contributed by atoms with Gasteiger partial charge in [-0.25, -0.2) is 4.98 Å². The number of carbonyl (C=O) groups is 1. The Bertz CT molecular complexity index is 1010. The largest absolute Gasteiger partial charge is 0.336 e. The number of aryl methyl sites for hydroxylation is 1. The normalized spacial score (nSPS) is 11.5. The molecule has 0 atom stereocenters. The Morgan fingerprint density at radius 2 is 1.78 bits per heavy atom. The summed E-state index contributed by atoms with van der Waals surface area (Å²) in [6.45, 7) is 9.89. The van der Waals surface area contributed by atoms with Crippen LogP contribution in [0.3, 0.4) is 0 Å². The molecule has 0 radical (unpaired) electrons. The van der Waals surface area contributed by atoms with E-state index in [2.05, 4.69) is 4.98 Å². The molecule has 0 fully saturated rings. The van der Waals surface area contributed by atoms with Gasteiger partial charge in [0.2, 0.25) is 5.91 Å². The van der Waals surface area contributed by atoms with Crippen LogP contribution in [0.5, 0.6) is 0 Å². The van der Waals surface area contributed by atoms with Gasteiger partial charge in [-0.05, 0) is 45.7 Å². The summed E-state index contributed by atoms with van der Waals surface area (Å²) in [4.78, 5) is 33.8. The maximum absolute atomic E-state index is 13.1. The molecule has 3 rings (SSSR count). The van der Waals surface area contributed by atoms with Gasteiger partial charge in [0, 0.05) is 17.0 Å². The van der Waals surface area contributed by atoms with Gasteiger partial charge < -0.3 is 4.90 Å². The van der Waals surface area contributed by atoms with E-state index in [4.69, 9.17) is 0 Å². The van der Waals surface area contributed by atoms with E-state index in [1.807, 2.05) is 65.0 Å². The van der Waals surface area contributed by atoms with E-state index >= 15 is 0 Å². The molecule has 6 heteroatoms. The summed E-state index contributed by atoms with van der Waals surface area (Å²) in [5, 5.41) is 0.606. The number of hydrogen-bond donors (Lipinski definition) is 0. The lowest BCUT2D eigenvalue weighted by molar-refractivity contribution is -0.135. The van der Waals surface area contributed by atoms with Gasteiger partial charge >= 0.3 is 0 Å². The Hall–Kier alpha value is -2.47. The van der Waals surface area contributed by atoms with Crippen LogP contribution in [0.15, 0.2) is 41.5 Å². The second-order valence-corrected chi connectivity index (χ2v) is 8.27. The van der Waals surface area contributed by atoms with E-state index in [0.29, 0.717) is 10.2 Å². The number of aromatic nitrogens is 2. The molecule has 1 aromatic carbocycles. The minimum atomic E-state index is -0.156. The second kappa shape index (κ2) is 7.64. The smallest absolute Gasteiger partial charge is 0.262 e. The first-order chi connectivity index (χ1) is 12.8. The molecule has 27 heavy (non-hydrogen) atoms. The van der Waals surface area contributed by atoms with Crippen molar-refractivity contribution in [3.8, 4) is 10.4 Å². The van der Waals surface area contributed by atoms with Crippen LogP contribution in [0.1, 0.15) is 33.3 Å². The molecule has 0 aliphatic heterocycles. The average molecular weight is 384 g/mol. The molecule has 3 aromatic rings. The number of rotatable bonds is 5. The fourth-order valence-corrected chi connectivity index (χ4v) is 4.68. The molecule has 0 aliphatic rings. The van der Waals surface area contributed by atoms with Gasteiger partial charge in [0.25, 0.3) is 5.56 Å². The van der Waals surface area contributed by atoms with E-state index in [0.717, 1.165) is 16.0 Å². The van der Waals surface area contributed by atoms with Crippen LogP contribution < -0.4 is 5.56 Å².